The van der Waals surface area contributed by atoms with Crippen molar-refractivity contribution in [2.24, 2.45) is 0 Å². The molecule has 0 saturated carbocycles. The van der Waals surface area contributed by atoms with Gasteiger partial charge >= 0.3 is 190 Å². The van der Waals surface area contributed by atoms with Crippen LogP contribution in [0.3, 0.4) is 0 Å². The molecule has 0 atom stereocenters. The predicted molar refractivity (Wildman–Crippen MR) is 128 cm³/mol. The first-order chi connectivity index (χ1) is 15.5. The van der Waals surface area contributed by atoms with E-state index in [2.05, 4.69) is 28.1 Å². The summed E-state index contributed by atoms with van der Waals surface area (Å²) in [6.07, 6.45) is 2.20. The van der Waals surface area contributed by atoms with E-state index in [9.17, 15) is 0 Å². The number of hydrogen-bond acceptors (Lipinski definition) is 7. The van der Waals surface area contributed by atoms with Gasteiger partial charge < -0.3 is 0 Å². The standard InChI is InChI=1S/C24H32N3O4P/c1-25-15-5-17-27-18-6-16-26(2)32(25,27)30-23(19-7-11-21(28-3)12-8-19)24(31-32)20-9-13-22(29-4)14-10-20/h7-14H,5-6,15-18H2,1-4H3. The summed E-state index contributed by atoms with van der Waals surface area (Å²) < 4.78 is 32.3. The van der Waals surface area contributed by atoms with Crippen LogP contribution in [-0.2, 0) is 9.05 Å². The predicted octanol–water partition coefficient (Wildman–Crippen LogP) is 4.68. The normalized spacial score (nSPS) is 24.2. The maximum atomic E-state index is 7.18. The molecule has 2 aromatic carbocycles. The van der Waals surface area contributed by atoms with Gasteiger partial charge in [-0.1, -0.05) is 0 Å². The van der Waals surface area contributed by atoms with Crippen molar-refractivity contribution >= 4 is 19.0 Å². The summed E-state index contributed by atoms with van der Waals surface area (Å²) in [6.45, 7) is 3.81. The molecule has 3 aliphatic heterocycles. The van der Waals surface area contributed by atoms with Crippen LogP contribution in [-0.4, -0.2) is 68.5 Å². The number of rotatable bonds is 4. The fourth-order valence-corrected chi connectivity index (χ4v) is 10.3. The van der Waals surface area contributed by atoms with E-state index < -0.39 is 7.51 Å². The van der Waals surface area contributed by atoms with Gasteiger partial charge in [0.2, 0.25) is 0 Å². The molecule has 7 nitrogen and oxygen atoms in total. The van der Waals surface area contributed by atoms with Gasteiger partial charge in [-0.3, -0.25) is 0 Å². The third-order valence-corrected chi connectivity index (χ3v) is 12.0. The van der Waals surface area contributed by atoms with Crippen LogP contribution < -0.4 is 9.47 Å². The Bertz CT molecular complexity index is 945. The first-order valence-electron chi connectivity index (χ1n) is 11.2. The molecule has 0 bridgehead atoms. The molecule has 2 saturated heterocycles. The van der Waals surface area contributed by atoms with Gasteiger partial charge in [-0.15, -0.1) is 0 Å². The summed E-state index contributed by atoms with van der Waals surface area (Å²) >= 11 is 0. The van der Waals surface area contributed by atoms with Gasteiger partial charge in [0.15, 0.2) is 0 Å². The van der Waals surface area contributed by atoms with Crippen LogP contribution in [0.25, 0.3) is 11.5 Å². The minimum absolute atomic E-state index is 0.781. The molecule has 3 aliphatic rings. The average molecular weight is 458 g/mol. The average Bonchev–Trinajstić information content (AvgIpc) is 3.20. The van der Waals surface area contributed by atoms with E-state index in [0.717, 1.165) is 73.2 Å². The van der Waals surface area contributed by atoms with Crippen molar-refractivity contribution in [1.82, 2.24) is 14.0 Å². The number of nitrogens with zero attached hydrogens (tertiary/aromatic N) is 3. The van der Waals surface area contributed by atoms with Crippen molar-refractivity contribution < 1.29 is 18.5 Å². The van der Waals surface area contributed by atoms with Crippen LogP contribution >= 0.6 is 7.51 Å². The second kappa shape index (κ2) is 7.92. The zero-order valence-electron chi connectivity index (χ0n) is 19.3. The summed E-state index contributed by atoms with van der Waals surface area (Å²) in [5, 5.41) is 0. The van der Waals surface area contributed by atoms with Gasteiger partial charge in [0.25, 0.3) is 0 Å². The number of hydrogen-bond donors (Lipinski definition) is 0. The molecule has 5 rings (SSSR count). The Morgan fingerprint density at radius 1 is 0.656 bits per heavy atom. The van der Waals surface area contributed by atoms with E-state index in [4.69, 9.17) is 18.5 Å². The molecular weight excluding hydrogens is 425 g/mol. The van der Waals surface area contributed by atoms with Gasteiger partial charge in [-0.25, -0.2) is 0 Å². The van der Waals surface area contributed by atoms with Crippen LogP contribution in [0.5, 0.6) is 11.5 Å². The van der Waals surface area contributed by atoms with Crippen molar-refractivity contribution in [1.29, 1.82) is 0 Å². The fourth-order valence-electron chi connectivity index (χ4n) is 5.12. The maximum absolute atomic E-state index is 7.18. The topological polar surface area (TPSA) is 46.6 Å². The molecule has 0 radical (unpaired) electrons. The Kier molecular flexibility index (Phi) is 5.33. The van der Waals surface area contributed by atoms with E-state index >= 15 is 0 Å². The van der Waals surface area contributed by atoms with Gasteiger partial charge in [0, 0.05) is 0 Å². The van der Waals surface area contributed by atoms with Crippen LogP contribution in [0.15, 0.2) is 48.5 Å². The van der Waals surface area contributed by atoms with Crippen molar-refractivity contribution in [3.63, 3.8) is 0 Å². The van der Waals surface area contributed by atoms with Gasteiger partial charge in [-0.05, 0) is 0 Å². The van der Waals surface area contributed by atoms with Crippen LogP contribution in [0.2, 0.25) is 0 Å². The number of methoxy groups -OCH3 is 2. The molecule has 3 heterocycles. The number of benzene rings is 2. The minimum atomic E-state index is -3.48. The van der Waals surface area contributed by atoms with E-state index in [1.165, 1.54) is 0 Å². The van der Waals surface area contributed by atoms with Crippen molar-refractivity contribution in [2.45, 2.75) is 12.8 Å². The Labute approximate surface area is 190 Å². The molecule has 1 spiro atoms. The van der Waals surface area contributed by atoms with Crippen LogP contribution in [0.4, 0.5) is 0 Å². The molecule has 172 valence electrons. The first-order valence-corrected chi connectivity index (χ1v) is 13.1. The summed E-state index contributed by atoms with van der Waals surface area (Å²) in [5.41, 5.74) is 1.96. The molecule has 0 aliphatic carbocycles. The SMILES string of the molecule is COc1ccc(C2=C(c3ccc(OC)cc3)OP34(O2)N(C)CCCN3CCCN4C)cc1. The monoisotopic (exact) mass is 457 g/mol. The van der Waals surface area contributed by atoms with Gasteiger partial charge in [0.1, 0.15) is 0 Å². The molecule has 0 aromatic heterocycles. The van der Waals surface area contributed by atoms with Crippen LogP contribution in [0, 0.1) is 0 Å². The fraction of sp³-hybridized carbons (Fsp3) is 0.417. The van der Waals surface area contributed by atoms with Crippen molar-refractivity contribution in [3.8, 4) is 11.5 Å². The van der Waals surface area contributed by atoms with E-state index in [1.54, 1.807) is 14.2 Å². The Morgan fingerprint density at radius 3 is 1.44 bits per heavy atom. The second-order valence-corrected chi connectivity index (χ2v) is 12.5. The van der Waals surface area contributed by atoms with E-state index in [1.807, 2.05) is 48.5 Å². The third-order valence-electron chi connectivity index (χ3n) is 6.86. The van der Waals surface area contributed by atoms with E-state index in [0.29, 0.717) is 0 Å². The first kappa shape index (κ1) is 21.5. The van der Waals surface area contributed by atoms with Crippen molar-refractivity contribution in [2.75, 3.05) is 54.5 Å². The molecule has 0 N–H and O–H groups in total. The quantitative estimate of drug-likeness (QED) is 0.618. The Balaban J connectivity index is 1.68. The molecule has 8 heteroatoms. The summed E-state index contributed by atoms with van der Waals surface area (Å²) in [6, 6.07) is 16.0. The summed E-state index contributed by atoms with van der Waals surface area (Å²) in [5.74, 6) is 3.19. The van der Waals surface area contributed by atoms with Gasteiger partial charge in [0.05, 0.1) is 0 Å². The molecular formula is C24H32N3O4P. The molecule has 0 amide bonds. The van der Waals surface area contributed by atoms with Crippen molar-refractivity contribution in [3.05, 3.63) is 59.7 Å². The van der Waals surface area contributed by atoms with Gasteiger partial charge in [-0.2, -0.15) is 0 Å². The Hall–Kier alpha value is -2.31. The molecule has 32 heavy (non-hydrogen) atoms. The molecule has 2 fully saturated rings. The summed E-state index contributed by atoms with van der Waals surface area (Å²) in [7, 11) is 4.18. The Morgan fingerprint density at radius 2 is 1.06 bits per heavy atom. The number of ether oxygens (including phenoxy) is 2. The summed E-state index contributed by atoms with van der Waals surface area (Å²) in [4.78, 5) is 0. The molecule has 0 unspecified atom stereocenters. The van der Waals surface area contributed by atoms with Crippen LogP contribution in [0.1, 0.15) is 24.0 Å². The zero-order valence-corrected chi connectivity index (χ0v) is 20.2. The molecule has 2 aromatic rings. The zero-order chi connectivity index (χ0) is 22.4. The third kappa shape index (κ3) is 2.96. The van der Waals surface area contributed by atoms with E-state index in [-0.39, 0.29) is 0 Å². The second-order valence-electron chi connectivity index (χ2n) is 8.55.